The summed E-state index contributed by atoms with van der Waals surface area (Å²) in [6, 6.07) is 3.37. The average molecular weight is 269 g/mol. The smallest absolute Gasteiger partial charge is 0.243 e. The number of hydrogen-bond donors (Lipinski definition) is 1. The normalized spacial score (nSPS) is 12.7. The van der Waals surface area contributed by atoms with Crippen molar-refractivity contribution in [3.05, 3.63) is 28.8 Å². The molecule has 5 nitrogen and oxygen atoms in total. The van der Waals surface area contributed by atoms with Gasteiger partial charge in [-0.15, -0.1) is 0 Å². The molecule has 78 valence electrons. The molecule has 0 saturated heterocycles. The SMILES string of the molecule is C[C@H](N)c1nc(-c2ccnc(Br)c2)no1. The first kappa shape index (κ1) is 10.3. The van der Waals surface area contributed by atoms with E-state index in [1.807, 2.05) is 6.07 Å². The van der Waals surface area contributed by atoms with Gasteiger partial charge in [0.25, 0.3) is 0 Å². The van der Waals surface area contributed by atoms with Crippen molar-refractivity contribution in [3.63, 3.8) is 0 Å². The molecule has 0 fully saturated rings. The van der Waals surface area contributed by atoms with Gasteiger partial charge in [-0.2, -0.15) is 4.98 Å². The maximum absolute atomic E-state index is 5.62. The summed E-state index contributed by atoms with van der Waals surface area (Å²) in [6.45, 7) is 1.79. The molecule has 0 saturated carbocycles. The molecule has 2 rings (SSSR count). The van der Waals surface area contributed by atoms with Gasteiger partial charge < -0.3 is 10.3 Å². The Balaban J connectivity index is 2.37. The van der Waals surface area contributed by atoms with Crippen LogP contribution >= 0.6 is 15.9 Å². The second-order valence-corrected chi connectivity index (χ2v) is 3.92. The predicted molar refractivity (Wildman–Crippen MR) is 57.8 cm³/mol. The molecule has 0 aliphatic heterocycles. The largest absolute Gasteiger partial charge is 0.337 e. The van der Waals surface area contributed by atoms with Crippen molar-refractivity contribution in [2.24, 2.45) is 5.73 Å². The lowest BCUT2D eigenvalue weighted by molar-refractivity contribution is 0.362. The van der Waals surface area contributed by atoms with Crippen LogP contribution in [-0.4, -0.2) is 15.1 Å². The monoisotopic (exact) mass is 268 g/mol. The molecule has 2 N–H and O–H groups in total. The fraction of sp³-hybridized carbons (Fsp3) is 0.222. The Hall–Kier alpha value is -1.27. The van der Waals surface area contributed by atoms with E-state index in [1.165, 1.54) is 0 Å². The first-order valence-corrected chi connectivity index (χ1v) is 5.17. The molecule has 1 atom stereocenters. The van der Waals surface area contributed by atoms with E-state index in [1.54, 1.807) is 19.2 Å². The van der Waals surface area contributed by atoms with E-state index in [-0.39, 0.29) is 6.04 Å². The first-order chi connectivity index (χ1) is 7.16. The Morgan fingerprint density at radius 2 is 2.33 bits per heavy atom. The number of rotatable bonds is 2. The van der Waals surface area contributed by atoms with Gasteiger partial charge in [0, 0.05) is 11.8 Å². The lowest BCUT2D eigenvalue weighted by Crippen LogP contribution is -2.04. The van der Waals surface area contributed by atoms with Gasteiger partial charge in [0.05, 0.1) is 6.04 Å². The van der Waals surface area contributed by atoms with Crippen molar-refractivity contribution in [1.82, 2.24) is 15.1 Å². The van der Waals surface area contributed by atoms with Crippen LogP contribution in [-0.2, 0) is 0 Å². The third-order valence-corrected chi connectivity index (χ3v) is 2.25. The van der Waals surface area contributed by atoms with Gasteiger partial charge in [-0.1, -0.05) is 5.16 Å². The molecule has 2 aromatic heterocycles. The van der Waals surface area contributed by atoms with Gasteiger partial charge in [-0.3, -0.25) is 0 Å². The quantitative estimate of drug-likeness (QED) is 0.842. The number of nitrogens with zero attached hydrogens (tertiary/aromatic N) is 3. The minimum Gasteiger partial charge on any atom is -0.337 e. The van der Waals surface area contributed by atoms with E-state index in [0.717, 1.165) is 10.2 Å². The van der Waals surface area contributed by atoms with Crippen LogP contribution in [0.4, 0.5) is 0 Å². The minimum absolute atomic E-state index is 0.253. The Morgan fingerprint density at radius 1 is 1.53 bits per heavy atom. The maximum Gasteiger partial charge on any atom is 0.243 e. The van der Waals surface area contributed by atoms with Crippen molar-refractivity contribution in [2.75, 3.05) is 0 Å². The molecule has 0 aromatic carbocycles. The van der Waals surface area contributed by atoms with Crippen molar-refractivity contribution in [3.8, 4) is 11.4 Å². The molecule has 0 spiro atoms. The predicted octanol–water partition coefficient (Wildman–Crippen LogP) is 1.91. The third-order valence-electron chi connectivity index (χ3n) is 1.82. The summed E-state index contributed by atoms with van der Waals surface area (Å²) in [7, 11) is 0. The second-order valence-electron chi connectivity index (χ2n) is 3.11. The van der Waals surface area contributed by atoms with Crippen molar-refractivity contribution in [2.45, 2.75) is 13.0 Å². The molecule has 0 radical (unpaired) electrons. The topological polar surface area (TPSA) is 77.8 Å². The van der Waals surface area contributed by atoms with E-state index in [4.69, 9.17) is 10.3 Å². The van der Waals surface area contributed by atoms with Crippen molar-refractivity contribution >= 4 is 15.9 Å². The van der Waals surface area contributed by atoms with Crippen LogP contribution in [0.5, 0.6) is 0 Å². The zero-order valence-electron chi connectivity index (χ0n) is 8.01. The maximum atomic E-state index is 5.62. The van der Waals surface area contributed by atoms with Crippen LogP contribution in [0.3, 0.4) is 0 Å². The molecule has 0 bridgehead atoms. The molecule has 6 heteroatoms. The van der Waals surface area contributed by atoms with Gasteiger partial charge in [-0.05, 0) is 35.0 Å². The average Bonchev–Trinajstić information content (AvgIpc) is 2.66. The zero-order valence-corrected chi connectivity index (χ0v) is 9.60. The molecule has 0 amide bonds. The summed E-state index contributed by atoms with van der Waals surface area (Å²) >= 11 is 3.27. The molecule has 0 unspecified atom stereocenters. The van der Waals surface area contributed by atoms with E-state index < -0.39 is 0 Å². The first-order valence-electron chi connectivity index (χ1n) is 4.38. The molecule has 2 aromatic rings. The third kappa shape index (κ3) is 2.21. The van der Waals surface area contributed by atoms with Crippen LogP contribution in [0, 0.1) is 0 Å². The summed E-state index contributed by atoms with van der Waals surface area (Å²) in [5.41, 5.74) is 6.46. The lowest BCUT2D eigenvalue weighted by Gasteiger charge is -1.94. The van der Waals surface area contributed by atoms with E-state index in [0.29, 0.717) is 11.7 Å². The number of hydrogen-bond acceptors (Lipinski definition) is 5. The van der Waals surface area contributed by atoms with Crippen LogP contribution < -0.4 is 5.73 Å². The highest BCUT2D eigenvalue weighted by atomic mass is 79.9. The highest BCUT2D eigenvalue weighted by Gasteiger charge is 2.11. The fourth-order valence-electron chi connectivity index (χ4n) is 1.08. The Kier molecular flexibility index (Phi) is 2.79. The minimum atomic E-state index is -0.253. The fourth-order valence-corrected chi connectivity index (χ4v) is 1.44. The summed E-state index contributed by atoms with van der Waals surface area (Å²) in [5.74, 6) is 0.948. The van der Waals surface area contributed by atoms with Crippen LogP contribution in [0.15, 0.2) is 27.5 Å². The lowest BCUT2D eigenvalue weighted by atomic mass is 10.2. The van der Waals surface area contributed by atoms with Gasteiger partial charge >= 0.3 is 0 Å². The van der Waals surface area contributed by atoms with Crippen LogP contribution in [0.2, 0.25) is 0 Å². The Morgan fingerprint density at radius 3 is 2.93 bits per heavy atom. The van der Waals surface area contributed by atoms with Crippen molar-refractivity contribution < 1.29 is 4.52 Å². The molecular weight excluding hydrogens is 260 g/mol. The van der Waals surface area contributed by atoms with Gasteiger partial charge in [0.15, 0.2) is 0 Å². The molecule has 0 aliphatic rings. The van der Waals surface area contributed by atoms with E-state index >= 15 is 0 Å². The van der Waals surface area contributed by atoms with Gasteiger partial charge in [0.2, 0.25) is 11.7 Å². The van der Waals surface area contributed by atoms with Crippen LogP contribution in [0.1, 0.15) is 18.9 Å². The second kappa shape index (κ2) is 4.08. The van der Waals surface area contributed by atoms with Crippen molar-refractivity contribution in [1.29, 1.82) is 0 Å². The summed E-state index contributed by atoms with van der Waals surface area (Å²) in [6.07, 6.45) is 1.67. The standard InChI is InChI=1S/C9H9BrN4O/c1-5(11)9-13-8(14-15-9)6-2-3-12-7(10)4-6/h2-5H,11H2,1H3/t5-/m0/s1. The summed E-state index contributed by atoms with van der Waals surface area (Å²) < 4.78 is 5.73. The Bertz CT molecular complexity index is 469. The number of halogens is 1. The Labute approximate surface area is 94.8 Å². The summed E-state index contributed by atoms with van der Waals surface area (Å²) in [4.78, 5) is 8.18. The molecule has 0 aliphatic carbocycles. The zero-order chi connectivity index (χ0) is 10.8. The molecule has 2 heterocycles. The number of nitrogens with two attached hydrogens (primary N) is 1. The van der Waals surface area contributed by atoms with E-state index in [2.05, 4.69) is 31.1 Å². The van der Waals surface area contributed by atoms with Gasteiger partial charge in [-0.25, -0.2) is 4.98 Å². The molecular formula is C9H9BrN4O. The van der Waals surface area contributed by atoms with Crippen LogP contribution in [0.25, 0.3) is 11.4 Å². The molecule has 15 heavy (non-hydrogen) atoms. The summed E-state index contributed by atoms with van der Waals surface area (Å²) in [5, 5.41) is 3.83. The van der Waals surface area contributed by atoms with E-state index in [9.17, 15) is 0 Å². The highest BCUT2D eigenvalue weighted by molar-refractivity contribution is 9.10. The number of pyridine rings is 1. The van der Waals surface area contributed by atoms with Gasteiger partial charge in [0.1, 0.15) is 4.60 Å². The highest BCUT2D eigenvalue weighted by Crippen LogP contribution is 2.19. The number of aromatic nitrogens is 3.